The molecule has 2 aromatic rings. The van der Waals surface area contributed by atoms with Crippen LogP contribution >= 0.6 is 0 Å². The van der Waals surface area contributed by atoms with Gasteiger partial charge in [-0.25, -0.2) is 8.42 Å². The van der Waals surface area contributed by atoms with Gasteiger partial charge < -0.3 is 5.32 Å². The zero-order valence-electron chi connectivity index (χ0n) is 13.4. The van der Waals surface area contributed by atoms with E-state index in [4.69, 9.17) is 0 Å². The second-order valence-corrected chi connectivity index (χ2v) is 7.29. The van der Waals surface area contributed by atoms with Crippen LogP contribution in [0.5, 0.6) is 0 Å². The quantitative estimate of drug-likeness (QED) is 0.915. The smallest absolute Gasteiger partial charge is 0.247 e. The number of carbonyl (C=O) groups is 1. The molecule has 0 fully saturated rings. The number of anilines is 2. The molecule has 0 aliphatic rings. The lowest BCUT2D eigenvalue weighted by molar-refractivity contribution is -0.116. The van der Waals surface area contributed by atoms with Gasteiger partial charge in [-0.3, -0.25) is 9.10 Å². The van der Waals surface area contributed by atoms with Crippen molar-refractivity contribution in [1.29, 1.82) is 0 Å². The van der Waals surface area contributed by atoms with Crippen LogP contribution < -0.4 is 9.62 Å². The van der Waals surface area contributed by atoms with E-state index in [1.54, 1.807) is 43.3 Å². The molecule has 0 spiro atoms. The van der Waals surface area contributed by atoms with Gasteiger partial charge in [0.2, 0.25) is 15.9 Å². The zero-order chi connectivity index (χ0) is 17.0. The molecule has 0 bridgehead atoms. The summed E-state index contributed by atoms with van der Waals surface area (Å²) < 4.78 is 25.5. The fourth-order valence-electron chi connectivity index (χ4n) is 2.27. The van der Waals surface area contributed by atoms with E-state index in [0.717, 1.165) is 16.1 Å². The molecular weight excluding hydrogens is 312 g/mol. The minimum absolute atomic E-state index is 0.387. The summed E-state index contributed by atoms with van der Waals surface area (Å²) in [5.41, 5.74) is 2.11. The Balaban J connectivity index is 2.28. The van der Waals surface area contributed by atoms with E-state index >= 15 is 0 Å². The Morgan fingerprint density at radius 3 is 2.13 bits per heavy atom. The number of hydrogen-bond donors (Lipinski definition) is 1. The van der Waals surface area contributed by atoms with Crippen molar-refractivity contribution in [2.75, 3.05) is 15.9 Å². The number of sulfonamides is 1. The third-order valence-corrected chi connectivity index (χ3v) is 4.66. The predicted molar refractivity (Wildman–Crippen MR) is 93.0 cm³/mol. The van der Waals surface area contributed by atoms with E-state index in [9.17, 15) is 13.2 Å². The van der Waals surface area contributed by atoms with Crippen LogP contribution in [-0.2, 0) is 14.8 Å². The highest BCUT2D eigenvalue weighted by atomic mass is 32.2. The van der Waals surface area contributed by atoms with E-state index in [1.165, 1.54) is 0 Å². The first-order valence-electron chi connectivity index (χ1n) is 7.21. The van der Waals surface area contributed by atoms with E-state index in [2.05, 4.69) is 5.32 Å². The molecule has 0 aliphatic carbocycles. The Morgan fingerprint density at radius 2 is 1.61 bits per heavy atom. The van der Waals surface area contributed by atoms with Crippen LogP contribution in [-0.4, -0.2) is 26.6 Å². The van der Waals surface area contributed by atoms with Crippen molar-refractivity contribution in [3.63, 3.8) is 0 Å². The molecule has 1 N–H and O–H groups in total. The number of rotatable bonds is 5. The molecule has 1 amide bonds. The highest BCUT2D eigenvalue weighted by Gasteiger charge is 2.29. The first kappa shape index (κ1) is 17.0. The van der Waals surface area contributed by atoms with Crippen LogP contribution in [0.1, 0.15) is 12.5 Å². The molecular formula is C17H20N2O3S. The molecule has 2 rings (SSSR count). The van der Waals surface area contributed by atoms with E-state index in [1.807, 2.05) is 25.1 Å². The lowest BCUT2D eigenvalue weighted by Crippen LogP contribution is -2.45. The fraction of sp³-hybridized carbons (Fsp3) is 0.235. The highest BCUT2D eigenvalue weighted by molar-refractivity contribution is 7.92. The number of hydrogen-bond acceptors (Lipinski definition) is 3. The van der Waals surface area contributed by atoms with Gasteiger partial charge in [0.25, 0.3) is 0 Å². The number of amides is 1. The van der Waals surface area contributed by atoms with Crippen molar-refractivity contribution < 1.29 is 13.2 Å². The van der Waals surface area contributed by atoms with Crippen molar-refractivity contribution in [2.24, 2.45) is 0 Å². The third kappa shape index (κ3) is 4.32. The first-order chi connectivity index (χ1) is 10.8. The Kier molecular flexibility index (Phi) is 5.05. The zero-order valence-corrected chi connectivity index (χ0v) is 14.2. The van der Waals surface area contributed by atoms with Crippen LogP contribution in [0.15, 0.2) is 54.6 Å². The lowest BCUT2D eigenvalue weighted by Gasteiger charge is -2.28. The second-order valence-electron chi connectivity index (χ2n) is 5.43. The van der Waals surface area contributed by atoms with Crippen LogP contribution in [0, 0.1) is 6.92 Å². The molecule has 1 atom stereocenters. The minimum atomic E-state index is -3.59. The molecule has 0 saturated heterocycles. The average Bonchev–Trinajstić information content (AvgIpc) is 2.49. The van der Waals surface area contributed by atoms with Crippen LogP contribution in [0.3, 0.4) is 0 Å². The number of nitrogens with one attached hydrogen (secondary N) is 1. The van der Waals surface area contributed by atoms with E-state index in [0.29, 0.717) is 11.4 Å². The molecule has 0 radical (unpaired) electrons. The summed E-state index contributed by atoms with van der Waals surface area (Å²) in [6, 6.07) is 15.1. The largest absolute Gasteiger partial charge is 0.324 e. The molecule has 23 heavy (non-hydrogen) atoms. The van der Waals surface area contributed by atoms with E-state index < -0.39 is 16.1 Å². The van der Waals surface area contributed by atoms with Crippen molar-refractivity contribution in [3.8, 4) is 0 Å². The number of aryl methyl sites for hydroxylation is 1. The van der Waals surface area contributed by atoms with Gasteiger partial charge in [-0.05, 0) is 38.1 Å². The van der Waals surface area contributed by atoms with Gasteiger partial charge >= 0.3 is 0 Å². The van der Waals surface area contributed by atoms with Crippen molar-refractivity contribution in [2.45, 2.75) is 19.9 Å². The molecule has 122 valence electrons. The second kappa shape index (κ2) is 6.83. The summed E-state index contributed by atoms with van der Waals surface area (Å²) in [5.74, 6) is -0.387. The number of para-hydroxylation sites is 1. The van der Waals surface area contributed by atoms with Gasteiger partial charge in [0.15, 0.2) is 0 Å². The van der Waals surface area contributed by atoms with E-state index in [-0.39, 0.29) is 5.91 Å². The molecule has 5 nitrogen and oxygen atoms in total. The average molecular weight is 332 g/mol. The van der Waals surface area contributed by atoms with Gasteiger partial charge in [0.05, 0.1) is 11.9 Å². The van der Waals surface area contributed by atoms with Crippen LogP contribution in [0.4, 0.5) is 11.4 Å². The molecule has 6 heteroatoms. The molecule has 2 aromatic carbocycles. The van der Waals surface area contributed by atoms with Gasteiger partial charge in [-0.1, -0.05) is 35.9 Å². The summed E-state index contributed by atoms with van der Waals surface area (Å²) in [5, 5.41) is 2.73. The standard InChI is InChI=1S/C17H20N2O3S/c1-13-9-11-16(12-10-13)19(23(3,21)22)14(2)17(20)18-15-7-5-4-6-8-15/h4-12,14H,1-3H3,(H,18,20)/t14-/m0/s1. The molecule has 0 heterocycles. The van der Waals surface area contributed by atoms with Gasteiger partial charge in [-0.15, -0.1) is 0 Å². The topological polar surface area (TPSA) is 66.5 Å². The van der Waals surface area contributed by atoms with Gasteiger partial charge in [-0.2, -0.15) is 0 Å². The molecule has 0 aromatic heterocycles. The summed E-state index contributed by atoms with van der Waals surface area (Å²) in [4.78, 5) is 12.4. The van der Waals surface area contributed by atoms with Crippen LogP contribution in [0.25, 0.3) is 0 Å². The SMILES string of the molecule is Cc1ccc(N([C@@H](C)C(=O)Nc2ccccc2)S(C)(=O)=O)cc1. The fourth-order valence-corrected chi connectivity index (χ4v) is 3.44. The summed E-state index contributed by atoms with van der Waals surface area (Å²) in [6.45, 7) is 3.49. The lowest BCUT2D eigenvalue weighted by atomic mass is 10.2. The molecule has 0 aliphatic heterocycles. The third-order valence-electron chi connectivity index (χ3n) is 3.42. The maximum Gasteiger partial charge on any atom is 0.247 e. The maximum atomic E-state index is 12.4. The van der Waals surface area contributed by atoms with Crippen LogP contribution in [0.2, 0.25) is 0 Å². The highest BCUT2D eigenvalue weighted by Crippen LogP contribution is 2.22. The Labute approximate surface area is 137 Å². The van der Waals surface area contributed by atoms with Crippen molar-refractivity contribution >= 4 is 27.3 Å². The summed E-state index contributed by atoms with van der Waals surface area (Å²) in [7, 11) is -3.59. The summed E-state index contributed by atoms with van der Waals surface area (Å²) in [6.07, 6.45) is 1.10. The molecule has 0 saturated carbocycles. The Bertz CT molecular complexity index is 771. The van der Waals surface area contributed by atoms with Crippen molar-refractivity contribution in [3.05, 3.63) is 60.2 Å². The Morgan fingerprint density at radius 1 is 1.04 bits per heavy atom. The summed E-state index contributed by atoms with van der Waals surface area (Å²) >= 11 is 0. The predicted octanol–water partition coefficient (Wildman–Crippen LogP) is 2.79. The van der Waals surface area contributed by atoms with Gasteiger partial charge in [0.1, 0.15) is 6.04 Å². The maximum absolute atomic E-state index is 12.4. The Hall–Kier alpha value is -2.34. The van der Waals surface area contributed by atoms with Crippen molar-refractivity contribution in [1.82, 2.24) is 0 Å². The minimum Gasteiger partial charge on any atom is -0.324 e. The normalized spacial score (nSPS) is 12.5. The number of nitrogens with zero attached hydrogens (tertiary/aromatic N) is 1. The number of benzene rings is 2. The van der Waals surface area contributed by atoms with Gasteiger partial charge in [0, 0.05) is 5.69 Å². The monoisotopic (exact) mass is 332 g/mol. The first-order valence-corrected chi connectivity index (χ1v) is 9.06. The number of carbonyl (C=O) groups excluding carboxylic acids is 1. The molecule has 0 unspecified atom stereocenters.